The third-order valence-corrected chi connectivity index (χ3v) is 6.02. The van der Waals surface area contributed by atoms with Gasteiger partial charge in [0.25, 0.3) is 5.91 Å². The number of aromatic amines is 1. The van der Waals surface area contributed by atoms with Gasteiger partial charge in [-0.25, -0.2) is 5.43 Å². The molecule has 156 valence electrons. The number of anilines is 1. The molecule has 0 radical (unpaired) electrons. The van der Waals surface area contributed by atoms with Gasteiger partial charge >= 0.3 is 0 Å². The summed E-state index contributed by atoms with van der Waals surface area (Å²) in [6, 6.07) is 11.2. The van der Waals surface area contributed by atoms with Gasteiger partial charge in [-0.3, -0.25) is 19.6 Å². The van der Waals surface area contributed by atoms with E-state index in [9.17, 15) is 9.59 Å². The number of H-pyrrole nitrogens is 1. The van der Waals surface area contributed by atoms with Crippen LogP contribution in [0.4, 0.5) is 5.69 Å². The summed E-state index contributed by atoms with van der Waals surface area (Å²) in [6.45, 7) is 0. The molecule has 0 saturated heterocycles. The molecule has 1 aliphatic heterocycles. The van der Waals surface area contributed by atoms with Gasteiger partial charge in [-0.1, -0.05) is 6.07 Å². The average Bonchev–Trinajstić information content (AvgIpc) is 3.57. The number of amides is 2. The number of benzene rings is 1. The van der Waals surface area contributed by atoms with Crippen LogP contribution >= 0.6 is 0 Å². The topological polar surface area (TPSA) is 112 Å². The standard InChI is InChI=1S/C24H18N6O2/c31-23(17-10-16(17)14-2-1-5-26-11-14)28-15-8-18-21-19(12-27-30-24(18)32)22(29-20(21)9-15)13-3-6-25-7-4-13/h1-9,11-12,16-17,29H,10H2,(H,28,31)(H,30,32). The molecule has 2 unspecified atom stereocenters. The fourth-order valence-corrected chi connectivity index (χ4v) is 4.38. The maximum absolute atomic E-state index is 12.9. The first-order valence-electron chi connectivity index (χ1n) is 10.3. The molecule has 4 aromatic rings. The Morgan fingerprint density at radius 2 is 1.97 bits per heavy atom. The molecule has 1 aliphatic carbocycles. The van der Waals surface area contributed by atoms with Crippen LogP contribution in [0.25, 0.3) is 22.2 Å². The van der Waals surface area contributed by atoms with Crippen LogP contribution in [-0.4, -0.2) is 33.0 Å². The first kappa shape index (κ1) is 18.4. The summed E-state index contributed by atoms with van der Waals surface area (Å²) >= 11 is 0. The number of hydrazone groups is 1. The van der Waals surface area contributed by atoms with Crippen LogP contribution in [0.2, 0.25) is 0 Å². The minimum absolute atomic E-state index is 0.0585. The van der Waals surface area contributed by atoms with Gasteiger partial charge in [0.15, 0.2) is 0 Å². The molecule has 6 rings (SSSR count). The van der Waals surface area contributed by atoms with Gasteiger partial charge in [0.2, 0.25) is 5.91 Å². The average molecular weight is 422 g/mol. The van der Waals surface area contributed by atoms with E-state index in [1.165, 1.54) is 0 Å². The largest absolute Gasteiger partial charge is 0.354 e. The van der Waals surface area contributed by atoms with Crippen molar-refractivity contribution in [2.24, 2.45) is 11.0 Å². The Morgan fingerprint density at radius 3 is 2.78 bits per heavy atom. The highest BCUT2D eigenvalue weighted by molar-refractivity contribution is 6.18. The van der Waals surface area contributed by atoms with E-state index in [1.54, 1.807) is 30.9 Å². The molecular weight excluding hydrogens is 404 g/mol. The third-order valence-electron chi connectivity index (χ3n) is 6.02. The SMILES string of the molecule is O=C1NN=Cc2c(-c3ccncc3)[nH]c3cc(NC(=O)C4CC4c4cccnc4)cc1c23. The molecule has 1 saturated carbocycles. The second-order valence-electron chi connectivity index (χ2n) is 8.02. The Labute approximate surface area is 182 Å². The number of pyridine rings is 2. The van der Waals surface area contributed by atoms with E-state index in [0.717, 1.165) is 39.7 Å². The second-order valence-corrected chi connectivity index (χ2v) is 8.02. The number of aromatic nitrogens is 3. The summed E-state index contributed by atoms with van der Waals surface area (Å²) in [5.74, 6) is -0.295. The van der Waals surface area contributed by atoms with Gasteiger partial charge in [0.1, 0.15) is 0 Å². The van der Waals surface area contributed by atoms with Gasteiger partial charge in [-0.15, -0.1) is 0 Å². The van der Waals surface area contributed by atoms with Crippen LogP contribution in [-0.2, 0) is 4.79 Å². The van der Waals surface area contributed by atoms with Gasteiger partial charge < -0.3 is 10.3 Å². The van der Waals surface area contributed by atoms with E-state index in [1.807, 2.05) is 36.5 Å². The van der Waals surface area contributed by atoms with E-state index >= 15 is 0 Å². The molecule has 2 aliphatic rings. The summed E-state index contributed by atoms with van der Waals surface area (Å²) in [5, 5.41) is 7.83. The van der Waals surface area contributed by atoms with Crippen molar-refractivity contribution in [3.63, 3.8) is 0 Å². The zero-order chi connectivity index (χ0) is 21.7. The highest BCUT2D eigenvalue weighted by Crippen LogP contribution is 2.47. The van der Waals surface area contributed by atoms with E-state index in [-0.39, 0.29) is 23.7 Å². The fraction of sp³-hybridized carbons (Fsp3) is 0.125. The molecule has 32 heavy (non-hydrogen) atoms. The predicted molar refractivity (Wildman–Crippen MR) is 120 cm³/mol. The smallest absolute Gasteiger partial charge is 0.272 e. The third kappa shape index (κ3) is 3.04. The zero-order valence-corrected chi connectivity index (χ0v) is 16.9. The number of nitrogens with zero attached hydrogens (tertiary/aromatic N) is 3. The highest BCUT2D eigenvalue weighted by Gasteiger charge is 2.44. The predicted octanol–water partition coefficient (Wildman–Crippen LogP) is 3.44. The van der Waals surface area contributed by atoms with Crippen molar-refractivity contribution >= 4 is 34.6 Å². The monoisotopic (exact) mass is 422 g/mol. The molecule has 3 aromatic heterocycles. The van der Waals surface area contributed by atoms with Crippen LogP contribution in [0.1, 0.15) is 33.8 Å². The second kappa shape index (κ2) is 7.12. The quantitative estimate of drug-likeness (QED) is 0.468. The minimum Gasteiger partial charge on any atom is -0.354 e. The lowest BCUT2D eigenvalue weighted by Gasteiger charge is -2.08. The summed E-state index contributed by atoms with van der Waals surface area (Å²) in [6.07, 6.45) is 9.40. The molecule has 1 fully saturated rings. The molecule has 8 heteroatoms. The molecule has 2 amide bonds. The number of nitrogens with one attached hydrogen (secondary N) is 3. The molecule has 3 N–H and O–H groups in total. The molecule has 0 spiro atoms. The van der Waals surface area contributed by atoms with Crippen LogP contribution in [0.3, 0.4) is 0 Å². The molecular formula is C24H18N6O2. The maximum Gasteiger partial charge on any atom is 0.272 e. The molecule has 8 nitrogen and oxygen atoms in total. The van der Waals surface area contributed by atoms with Gasteiger partial charge in [0.05, 0.1) is 17.5 Å². The lowest BCUT2D eigenvalue weighted by atomic mass is 10.0. The number of carbonyl (C=O) groups is 2. The van der Waals surface area contributed by atoms with Gasteiger partial charge in [-0.05, 0) is 48.2 Å². The summed E-state index contributed by atoms with van der Waals surface area (Å²) in [5.41, 5.74) is 7.98. The first-order chi connectivity index (χ1) is 15.7. The van der Waals surface area contributed by atoms with Gasteiger partial charge in [0, 0.05) is 58.4 Å². The Bertz CT molecular complexity index is 1390. The molecule has 1 aromatic carbocycles. The summed E-state index contributed by atoms with van der Waals surface area (Å²) in [4.78, 5) is 37.2. The van der Waals surface area contributed by atoms with Crippen molar-refractivity contribution in [3.05, 3.63) is 77.9 Å². The van der Waals surface area contributed by atoms with Crippen LogP contribution in [0.5, 0.6) is 0 Å². The minimum atomic E-state index is -0.318. The normalized spacial score (nSPS) is 18.8. The number of carbonyl (C=O) groups excluding carboxylic acids is 2. The van der Waals surface area contributed by atoms with Crippen LogP contribution in [0, 0.1) is 5.92 Å². The van der Waals surface area contributed by atoms with Crippen molar-refractivity contribution in [2.75, 3.05) is 5.32 Å². The Hall–Kier alpha value is -4.33. The fourth-order valence-electron chi connectivity index (χ4n) is 4.38. The van der Waals surface area contributed by atoms with Crippen molar-refractivity contribution in [3.8, 4) is 11.3 Å². The van der Waals surface area contributed by atoms with Gasteiger partial charge in [-0.2, -0.15) is 5.10 Å². The number of rotatable bonds is 4. The number of hydrogen-bond donors (Lipinski definition) is 3. The van der Waals surface area contributed by atoms with E-state index < -0.39 is 0 Å². The zero-order valence-electron chi connectivity index (χ0n) is 16.9. The van der Waals surface area contributed by atoms with Crippen LogP contribution in [0.15, 0.2) is 66.3 Å². The summed E-state index contributed by atoms with van der Waals surface area (Å²) < 4.78 is 0. The van der Waals surface area contributed by atoms with Crippen LogP contribution < -0.4 is 10.7 Å². The van der Waals surface area contributed by atoms with Crippen molar-refractivity contribution < 1.29 is 9.59 Å². The lowest BCUT2D eigenvalue weighted by molar-refractivity contribution is -0.117. The Kier molecular flexibility index (Phi) is 4.10. The maximum atomic E-state index is 12.9. The van der Waals surface area contributed by atoms with E-state index in [4.69, 9.17) is 0 Å². The van der Waals surface area contributed by atoms with E-state index in [0.29, 0.717) is 11.3 Å². The highest BCUT2D eigenvalue weighted by atomic mass is 16.2. The molecule has 0 bridgehead atoms. The number of hydrogen-bond acceptors (Lipinski definition) is 5. The summed E-state index contributed by atoms with van der Waals surface area (Å²) in [7, 11) is 0. The van der Waals surface area contributed by atoms with Crippen molar-refractivity contribution in [1.29, 1.82) is 0 Å². The van der Waals surface area contributed by atoms with E-state index in [2.05, 4.69) is 30.8 Å². The Morgan fingerprint density at radius 1 is 1.09 bits per heavy atom. The van der Waals surface area contributed by atoms with Crippen molar-refractivity contribution in [1.82, 2.24) is 20.4 Å². The Balaban J connectivity index is 1.36. The lowest BCUT2D eigenvalue weighted by Crippen LogP contribution is -2.18. The molecule has 4 heterocycles. The molecule has 2 atom stereocenters. The van der Waals surface area contributed by atoms with Crippen molar-refractivity contribution in [2.45, 2.75) is 12.3 Å². The first-order valence-corrected chi connectivity index (χ1v) is 10.3.